The van der Waals surface area contributed by atoms with Crippen molar-refractivity contribution in [2.24, 2.45) is 0 Å². The minimum Gasteiger partial charge on any atom is -0.477 e. The first-order valence-corrected chi connectivity index (χ1v) is 4.92. The van der Waals surface area contributed by atoms with E-state index in [1.165, 1.54) is 6.08 Å². The molecule has 0 saturated carbocycles. The Kier molecular flexibility index (Phi) is 3.25. The second-order valence-corrected chi connectivity index (χ2v) is 4.04. The van der Waals surface area contributed by atoms with Crippen LogP contribution >= 0.6 is 0 Å². The summed E-state index contributed by atoms with van der Waals surface area (Å²) in [5.74, 6) is -1.39. The molecule has 0 fully saturated rings. The fraction of sp³-hybridized carbons (Fsp3) is 0.500. The van der Waals surface area contributed by atoms with Gasteiger partial charge in [0.15, 0.2) is 9.84 Å². The Hall–Kier alpha value is -0.840. The van der Waals surface area contributed by atoms with Crippen molar-refractivity contribution in [2.45, 2.75) is 13.3 Å². The maximum absolute atomic E-state index is 10.7. The Morgan fingerprint density at radius 3 is 2.09 bits per heavy atom. The van der Waals surface area contributed by atoms with E-state index in [-0.39, 0.29) is 0 Å². The number of rotatable bonds is 3. The maximum Gasteiger partial charge on any atom is 0.346 e. The van der Waals surface area contributed by atoms with E-state index in [2.05, 4.69) is 0 Å². The molecule has 0 saturated heterocycles. The molecule has 0 rings (SSSR count). The summed E-state index contributed by atoms with van der Waals surface area (Å²) in [6, 6.07) is 0. The Labute approximate surface area is 65.5 Å². The van der Waals surface area contributed by atoms with Crippen LogP contribution in [0.15, 0.2) is 11.0 Å². The molecule has 0 unspecified atom stereocenters. The Morgan fingerprint density at radius 2 is 2.00 bits per heavy atom. The van der Waals surface area contributed by atoms with Crippen LogP contribution in [0.25, 0.3) is 0 Å². The molecule has 0 heterocycles. The van der Waals surface area contributed by atoms with Crippen LogP contribution in [-0.2, 0) is 14.6 Å². The number of hydrogen-bond acceptors (Lipinski definition) is 3. The predicted molar refractivity (Wildman–Crippen MR) is 40.9 cm³/mol. The highest BCUT2D eigenvalue weighted by atomic mass is 32.2. The number of carbonyl (C=O) groups is 1. The number of allylic oxidation sites excluding steroid dienone is 1. The first-order valence-electron chi connectivity index (χ1n) is 3.03. The van der Waals surface area contributed by atoms with E-state index in [4.69, 9.17) is 5.11 Å². The number of aliphatic carboxylic acids is 1. The van der Waals surface area contributed by atoms with Crippen molar-refractivity contribution in [1.82, 2.24) is 0 Å². The number of sulfone groups is 1. The molecular weight excluding hydrogens is 168 g/mol. The van der Waals surface area contributed by atoms with Gasteiger partial charge >= 0.3 is 5.97 Å². The second-order valence-electron chi connectivity index (χ2n) is 2.05. The number of carboxylic acids is 1. The topological polar surface area (TPSA) is 71.4 Å². The van der Waals surface area contributed by atoms with Gasteiger partial charge < -0.3 is 5.11 Å². The van der Waals surface area contributed by atoms with Crippen LogP contribution in [-0.4, -0.2) is 25.7 Å². The lowest BCUT2D eigenvalue weighted by atomic mass is 10.4. The third-order valence-corrected chi connectivity index (χ3v) is 2.14. The first-order chi connectivity index (χ1) is 4.89. The summed E-state index contributed by atoms with van der Waals surface area (Å²) in [6.45, 7) is 1.67. The van der Waals surface area contributed by atoms with Crippen molar-refractivity contribution in [3.05, 3.63) is 11.0 Å². The van der Waals surface area contributed by atoms with Crippen LogP contribution in [0.3, 0.4) is 0 Å². The molecule has 0 bridgehead atoms. The smallest absolute Gasteiger partial charge is 0.346 e. The molecule has 0 aliphatic carbocycles. The lowest BCUT2D eigenvalue weighted by molar-refractivity contribution is -0.131. The van der Waals surface area contributed by atoms with E-state index in [1.807, 2.05) is 0 Å². The predicted octanol–water partition coefficient (Wildman–Crippen LogP) is 0.410. The van der Waals surface area contributed by atoms with Crippen LogP contribution in [0.5, 0.6) is 0 Å². The minimum absolute atomic E-state index is 0.398. The molecule has 4 nitrogen and oxygen atoms in total. The van der Waals surface area contributed by atoms with Gasteiger partial charge in [0.25, 0.3) is 0 Å². The van der Waals surface area contributed by atoms with Crippen molar-refractivity contribution in [1.29, 1.82) is 0 Å². The molecule has 0 amide bonds. The Morgan fingerprint density at radius 1 is 1.55 bits per heavy atom. The summed E-state index contributed by atoms with van der Waals surface area (Å²) in [7, 11) is -3.56. The van der Waals surface area contributed by atoms with E-state index >= 15 is 0 Å². The van der Waals surface area contributed by atoms with Gasteiger partial charge in [-0.1, -0.05) is 13.0 Å². The second kappa shape index (κ2) is 3.52. The third-order valence-electron chi connectivity index (χ3n) is 1.000. The van der Waals surface area contributed by atoms with Crippen molar-refractivity contribution >= 4 is 15.8 Å². The highest BCUT2D eigenvalue weighted by molar-refractivity contribution is 7.95. The summed E-state index contributed by atoms with van der Waals surface area (Å²) in [6.07, 6.45) is 2.45. The van der Waals surface area contributed by atoms with Gasteiger partial charge in [0, 0.05) is 6.26 Å². The average molecular weight is 178 g/mol. The van der Waals surface area contributed by atoms with Gasteiger partial charge in [-0.3, -0.25) is 0 Å². The molecule has 5 heteroatoms. The molecule has 0 aromatic carbocycles. The molecule has 0 aliphatic rings. The molecule has 64 valence electrons. The van der Waals surface area contributed by atoms with E-state index in [0.717, 1.165) is 6.26 Å². The van der Waals surface area contributed by atoms with Gasteiger partial charge in [0.05, 0.1) is 0 Å². The van der Waals surface area contributed by atoms with Crippen molar-refractivity contribution in [3.8, 4) is 0 Å². The zero-order chi connectivity index (χ0) is 9.07. The lowest BCUT2D eigenvalue weighted by Crippen LogP contribution is -2.10. The third kappa shape index (κ3) is 3.18. The molecule has 0 atom stereocenters. The summed E-state index contributed by atoms with van der Waals surface area (Å²) >= 11 is 0. The van der Waals surface area contributed by atoms with Crippen LogP contribution in [0.2, 0.25) is 0 Å². The average Bonchev–Trinajstić information content (AvgIpc) is 1.79. The van der Waals surface area contributed by atoms with Gasteiger partial charge in [0.2, 0.25) is 0 Å². The standard InChI is InChI=1S/C6H10O4S/c1-3-4-5(6(7)8)11(2,9)10/h4H,3H2,1-2H3,(H,7,8). The Balaban J connectivity index is 4.95. The zero-order valence-corrected chi connectivity index (χ0v) is 7.18. The zero-order valence-electron chi connectivity index (χ0n) is 6.36. The SMILES string of the molecule is CCC=C(C(=O)O)S(C)(=O)=O. The van der Waals surface area contributed by atoms with Gasteiger partial charge in [0.1, 0.15) is 4.91 Å². The molecule has 0 aromatic heterocycles. The van der Waals surface area contributed by atoms with Crippen LogP contribution in [0.4, 0.5) is 0 Å². The normalized spacial score (nSPS) is 13.1. The van der Waals surface area contributed by atoms with Gasteiger partial charge in [-0.2, -0.15) is 0 Å². The monoisotopic (exact) mass is 178 g/mol. The van der Waals surface area contributed by atoms with E-state index in [0.29, 0.717) is 6.42 Å². The molecular formula is C6H10O4S. The van der Waals surface area contributed by atoms with Gasteiger partial charge in [-0.15, -0.1) is 0 Å². The molecule has 0 aliphatic heterocycles. The summed E-state index contributed by atoms with van der Waals surface area (Å²) in [4.78, 5) is 9.76. The van der Waals surface area contributed by atoms with Crippen molar-refractivity contribution < 1.29 is 18.3 Å². The van der Waals surface area contributed by atoms with E-state index in [9.17, 15) is 13.2 Å². The fourth-order valence-corrected chi connectivity index (χ4v) is 1.37. The number of hydrogen-bond donors (Lipinski definition) is 1. The lowest BCUT2D eigenvalue weighted by Gasteiger charge is -1.96. The largest absolute Gasteiger partial charge is 0.477 e. The quantitative estimate of drug-likeness (QED) is 0.635. The molecule has 0 spiro atoms. The van der Waals surface area contributed by atoms with Gasteiger partial charge in [-0.25, -0.2) is 13.2 Å². The Bertz CT molecular complexity index is 273. The molecule has 0 radical (unpaired) electrons. The van der Waals surface area contributed by atoms with Crippen molar-refractivity contribution in [3.63, 3.8) is 0 Å². The minimum atomic E-state index is -3.56. The van der Waals surface area contributed by atoms with E-state index < -0.39 is 20.7 Å². The fourth-order valence-electron chi connectivity index (χ4n) is 0.583. The molecule has 0 aromatic rings. The molecule has 1 N–H and O–H groups in total. The van der Waals surface area contributed by atoms with Crippen LogP contribution < -0.4 is 0 Å². The first kappa shape index (κ1) is 10.2. The summed E-state index contributed by atoms with van der Waals surface area (Å²) in [5, 5.41) is 8.39. The van der Waals surface area contributed by atoms with Crippen LogP contribution in [0, 0.1) is 0 Å². The van der Waals surface area contributed by atoms with Gasteiger partial charge in [-0.05, 0) is 6.42 Å². The molecule has 11 heavy (non-hydrogen) atoms. The highest BCUT2D eigenvalue weighted by Crippen LogP contribution is 2.05. The van der Waals surface area contributed by atoms with E-state index in [1.54, 1.807) is 6.92 Å². The highest BCUT2D eigenvalue weighted by Gasteiger charge is 2.17. The van der Waals surface area contributed by atoms with Crippen LogP contribution in [0.1, 0.15) is 13.3 Å². The summed E-state index contributed by atoms with van der Waals surface area (Å²) < 4.78 is 21.4. The van der Waals surface area contributed by atoms with Crippen molar-refractivity contribution in [2.75, 3.05) is 6.26 Å². The number of carboxylic acid groups (broad SMARTS) is 1. The summed E-state index contributed by atoms with van der Waals surface area (Å²) in [5.41, 5.74) is 0. The maximum atomic E-state index is 10.7.